The van der Waals surface area contributed by atoms with Gasteiger partial charge in [-0.25, -0.2) is 4.98 Å². The first-order valence-corrected chi connectivity index (χ1v) is 8.56. The van der Waals surface area contributed by atoms with Crippen molar-refractivity contribution in [2.24, 2.45) is 0 Å². The van der Waals surface area contributed by atoms with Crippen molar-refractivity contribution in [3.05, 3.63) is 60.2 Å². The first-order valence-electron chi connectivity index (χ1n) is 7.57. The van der Waals surface area contributed by atoms with Crippen molar-refractivity contribution in [3.8, 4) is 17.1 Å². The summed E-state index contributed by atoms with van der Waals surface area (Å²) in [6, 6.07) is 18.2. The fourth-order valence-electron chi connectivity index (χ4n) is 2.17. The highest BCUT2D eigenvalue weighted by atomic mass is 32.2. The van der Waals surface area contributed by atoms with Crippen molar-refractivity contribution >= 4 is 11.8 Å². The lowest BCUT2D eigenvalue weighted by Gasteiger charge is -2.12. The normalized spacial score (nSPS) is 10.9. The Bertz CT molecular complexity index is 756. The summed E-state index contributed by atoms with van der Waals surface area (Å²) < 4.78 is 5.84. The lowest BCUT2D eigenvalue weighted by Crippen LogP contribution is -2.06. The largest absolute Gasteiger partial charge is 0.490 e. The second-order valence-electron chi connectivity index (χ2n) is 5.40. The number of benzene rings is 2. The fraction of sp³-hybridized carbons (Fsp3) is 0.222. The van der Waals surface area contributed by atoms with Gasteiger partial charge in [0.1, 0.15) is 5.75 Å². The first kappa shape index (κ1) is 15.6. The molecule has 3 rings (SSSR count). The molecular formula is C18H19N3OS. The van der Waals surface area contributed by atoms with Gasteiger partial charge in [0.25, 0.3) is 0 Å². The van der Waals surface area contributed by atoms with Crippen LogP contribution in [0, 0.1) is 0 Å². The molecule has 0 bridgehead atoms. The van der Waals surface area contributed by atoms with Crippen molar-refractivity contribution in [3.63, 3.8) is 0 Å². The van der Waals surface area contributed by atoms with Gasteiger partial charge in [0.15, 0.2) is 5.82 Å². The third kappa shape index (κ3) is 4.13. The smallest absolute Gasteiger partial charge is 0.209 e. The molecule has 0 saturated heterocycles. The number of H-pyrrole nitrogens is 1. The summed E-state index contributed by atoms with van der Waals surface area (Å²) in [5.41, 5.74) is 2.19. The topological polar surface area (TPSA) is 50.8 Å². The number of nitrogens with one attached hydrogen (secondary N) is 1. The monoisotopic (exact) mass is 325 g/mol. The van der Waals surface area contributed by atoms with Crippen LogP contribution in [0.15, 0.2) is 59.8 Å². The number of aromatic amines is 1. The molecule has 0 aliphatic rings. The molecule has 0 spiro atoms. The van der Waals surface area contributed by atoms with E-state index in [1.807, 2.05) is 56.3 Å². The summed E-state index contributed by atoms with van der Waals surface area (Å²) in [5.74, 6) is 2.40. The Balaban J connectivity index is 1.74. The van der Waals surface area contributed by atoms with E-state index in [1.165, 1.54) is 5.56 Å². The van der Waals surface area contributed by atoms with Crippen LogP contribution in [0.1, 0.15) is 19.4 Å². The van der Waals surface area contributed by atoms with E-state index in [-0.39, 0.29) is 6.10 Å². The molecule has 0 atom stereocenters. The van der Waals surface area contributed by atoms with Crippen LogP contribution in [-0.4, -0.2) is 21.3 Å². The van der Waals surface area contributed by atoms with E-state index in [1.54, 1.807) is 11.8 Å². The predicted octanol–water partition coefficient (Wildman–Crippen LogP) is 4.55. The van der Waals surface area contributed by atoms with Crippen LogP contribution >= 0.6 is 11.8 Å². The minimum Gasteiger partial charge on any atom is -0.490 e. The summed E-state index contributed by atoms with van der Waals surface area (Å²) in [4.78, 5) is 4.58. The number of hydrogen-bond acceptors (Lipinski definition) is 4. The van der Waals surface area contributed by atoms with E-state index in [2.05, 4.69) is 27.3 Å². The van der Waals surface area contributed by atoms with Gasteiger partial charge < -0.3 is 4.74 Å². The zero-order chi connectivity index (χ0) is 16.1. The minimum atomic E-state index is 0.117. The van der Waals surface area contributed by atoms with Crippen LogP contribution < -0.4 is 4.74 Å². The number of aromatic nitrogens is 3. The van der Waals surface area contributed by atoms with E-state index in [4.69, 9.17) is 4.74 Å². The van der Waals surface area contributed by atoms with E-state index in [0.717, 1.165) is 28.0 Å². The molecule has 5 heteroatoms. The Morgan fingerprint density at radius 1 is 1.04 bits per heavy atom. The number of nitrogens with zero attached hydrogens (tertiary/aromatic N) is 2. The molecule has 3 aromatic rings. The minimum absolute atomic E-state index is 0.117. The second kappa shape index (κ2) is 7.33. The Kier molecular flexibility index (Phi) is 4.98. The fourth-order valence-corrected chi connectivity index (χ4v) is 2.93. The molecule has 0 fully saturated rings. The third-order valence-corrected chi connectivity index (χ3v) is 4.10. The maximum atomic E-state index is 5.84. The molecule has 118 valence electrons. The molecule has 0 radical (unpaired) electrons. The number of thioether (sulfide) groups is 1. The first-order chi connectivity index (χ1) is 11.2. The van der Waals surface area contributed by atoms with Gasteiger partial charge in [-0.3, -0.25) is 5.10 Å². The molecule has 0 amide bonds. The Morgan fingerprint density at radius 2 is 1.78 bits per heavy atom. The maximum absolute atomic E-state index is 5.84. The lowest BCUT2D eigenvalue weighted by atomic mass is 10.2. The van der Waals surface area contributed by atoms with Gasteiger partial charge in [0.2, 0.25) is 5.16 Å². The quantitative estimate of drug-likeness (QED) is 0.675. The van der Waals surface area contributed by atoms with Crippen LogP contribution in [0.25, 0.3) is 11.4 Å². The Morgan fingerprint density at radius 3 is 2.57 bits per heavy atom. The van der Waals surface area contributed by atoms with E-state index in [9.17, 15) is 0 Å². The molecule has 1 heterocycles. The molecule has 23 heavy (non-hydrogen) atoms. The summed E-state index contributed by atoms with van der Waals surface area (Å²) in [6.45, 7) is 4.02. The van der Waals surface area contributed by atoms with Crippen LogP contribution in [0.2, 0.25) is 0 Å². The summed E-state index contributed by atoms with van der Waals surface area (Å²) in [7, 11) is 0. The van der Waals surface area contributed by atoms with Gasteiger partial charge in [-0.1, -0.05) is 54.2 Å². The predicted molar refractivity (Wildman–Crippen MR) is 93.6 cm³/mol. The van der Waals surface area contributed by atoms with Gasteiger partial charge >= 0.3 is 0 Å². The zero-order valence-corrected chi connectivity index (χ0v) is 14.0. The zero-order valence-electron chi connectivity index (χ0n) is 13.2. The van der Waals surface area contributed by atoms with Gasteiger partial charge in [0, 0.05) is 5.75 Å². The van der Waals surface area contributed by atoms with Crippen LogP contribution in [0.5, 0.6) is 5.75 Å². The molecular weight excluding hydrogens is 306 g/mol. The SMILES string of the molecule is CC(C)Oc1ccccc1-c1nc(SCc2ccccc2)n[nH]1. The van der Waals surface area contributed by atoms with Gasteiger partial charge in [-0.2, -0.15) is 0 Å². The van der Waals surface area contributed by atoms with Crippen molar-refractivity contribution in [2.45, 2.75) is 30.9 Å². The molecule has 0 aliphatic carbocycles. The number of para-hydroxylation sites is 1. The lowest BCUT2D eigenvalue weighted by molar-refractivity contribution is 0.243. The van der Waals surface area contributed by atoms with Crippen molar-refractivity contribution in [1.29, 1.82) is 0 Å². The molecule has 2 aromatic carbocycles. The van der Waals surface area contributed by atoms with Crippen LogP contribution in [0.4, 0.5) is 0 Å². The molecule has 0 aliphatic heterocycles. The van der Waals surface area contributed by atoms with Crippen LogP contribution in [0.3, 0.4) is 0 Å². The highest BCUT2D eigenvalue weighted by Gasteiger charge is 2.12. The van der Waals surface area contributed by atoms with Gasteiger partial charge in [-0.05, 0) is 31.5 Å². The molecule has 0 saturated carbocycles. The maximum Gasteiger partial charge on any atom is 0.209 e. The number of ether oxygens (including phenoxy) is 1. The summed E-state index contributed by atoms with van der Waals surface area (Å²) >= 11 is 1.61. The van der Waals surface area contributed by atoms with Gasteiger partial charge in [-0.15, -0.1) is 5.10 Å². The standard InChI is InChI=1S/C18H19N3OS/c1-13(2)22-16-11-7-6-10-15(16)17-19-18(21-20-17)23-12-14-8-4-3-5-9-14/h3-11,13H,12H2,1-2H3,(H,19,20,21). The van der Waals surface area contributed by atoms with Crippen LogP contribution in [-0.2, 0) is 5.75 Å². The highest BCUT2D eigenvalue weighted by Crippen LogP contribution is 2.29. The average molecular weight is 325 g/mol. The summed E-state index contributed by atoms with van der Waals surface area (Å²) in [5, 5.41) is 8.05. The van der Waals surface area contributed by atoms with E-state index in [0.29, 0.717) is 0 Å². The number of rotatable bonds is 6. The Labute approximate surface area is 140 Å². The molecule has 4 nitrogen and oxygen atoms in total. The third-order valence-electron chi connectivity index (χ3n) is 3.18. The summed E-state index contributed by atoms with van der Waals surface area (Å²) in [6.07, 6.45) is 0.117. The van der Waals surface area contributed by atoms with E-state index < -0.39 is 0 Å². The van der Waals surface area contributed by atoms with Gasteiger partial charge in [0.05, 0.1) is 11.7 Å². The molecule has 1 aromatic heterocycles. The average Bonchev–Trinajstić information content (AvgIpc) is 3.03. The second-order valence-corrected chi connectivity index (χ2v) is 6.35. The molecule has 0 unspecified atom stereocenters. The molecule has 1 N–H and O–H groups in total. The van der Waals surface area contributed by atoms with Crippen molar-refractivity contribution in [1.82, 2.24) is 15.2 Å². The number of hydrogen-bond donors (Lipinski definition) is 1. The van der Waals surface area contributed by atoms with E-state index >= 15 is 0 Å². The highest BCUT2D eigenvalue weighted by molar-refractivity contribution is 7.98. The van der Waals surface area contributed by atoms with Crippen molar-refractivity contribution in [2.75, 3.05) is 0 Å². The Hall–Kier alpha value is -2.27. The van der Waals surface area contributed by atoms with Crippen molar-refractivity contribution < 1.29 is 4.74 Å².